The molecule has 0 fully saturated rings. The number of carbonyl (C=O) groups excluding carboxylic acids is 1. The molecular weight excluding hydrogens is 429 g/mol. The molecule has 1 heterocycles. The number of rotatable bonds is 8. The number of halogens is 2. The van der Waals surface area contributed by atoms with E-state index in [1.54, 1.807) is 37.3 Å². The standard InChI is InChI=1S/C20H17ClFN5O4/c1-13(24-25-20(28)11-26-10-15(9-23-26)27(29)30)14-5-7-16(8-6-14)31-12-17-18(21)3-2-4-19(17)22/h2-10H,11-12H2,1H3,(H,25,28)/b24-13+. The van der Waals surface area contributed by atoms with Crippen LogP contribution in [0.5, 0.6) is 5.75 Å². The molecule has 1 amide bonds. The summed E-state index contributed by atoms with van der Waals surface area (Å²) in [5, 5.41) is 18.7. The smallest absolute Gasteiger partial charge is 0.307 e. The van der Waals surface area contributed by atoms with Crippen molar-refractivity contribution in [2.45, 2.75) is 20.1 Å². The summed E-state index contributed by atoms with van der Waals surface area (Å²) < 4.78 is 20.5. The van der Waals surface area contributed by atoms with Crippen LogP contribution in [0, 0.1) is 15.9 Å². The number of nitrogens with one attached hydrogen (secondary N) is 1. The van der Waals surface area contributed by atoms with E-state index in [-0.39, 0.29) is 24.4 Å². The number of amides is 1. The van der Waals surface area contributed by atoms with Gasteiger partial charge in [0.15, 0.2) is 0 Å². The number of hydrogen-bond acceptors (Lipinski definition) is 6. The Kier molecular flexibility index (Phi) is 6.93. The second-order valence-electron chi connectivity index (χ2n) is 6.40. The monoisotopic (exact) mass is 445 g/mol. The molecule has 9 nitrogen and oxygen atoms in total. The van der Waals surface area contributed by atoms with Gasteiger partial charge in [0.25, 0.3) is 5.91 Å². The maximum atomic E-state index is 13.8. The van der Waals surface area contributed by atoms with Crippen LogP contribution in [0.15, 0.2) is 60.0 Å². The molecule has 3 rings (SSSR count). The lowest BCUT2D eigenvalue weighted by atomic mass is 10.1. The number of aromatic nitrogens is 2. The first-order chi connectivity index (χ1) is 14.8. The fourth-order valence-electron chi connectivity index (χ4n) is 2.54. The largest absolute Gasteiger partial charge is 0.489 e. The molecule has 0 saturated carbocycles. The number of benzene rings is 2. The highest BCUT2D eigenvalue weighted by atomic mass is 35.5. The number of hydrazone groups is 1. The Morgan fingerprint density at radius 1 is 1.32 bits per heavy atom. The van der Waals surface area contributed by atoms with Crippen LogP contribution in [0.1, 0.15) is 18.1 Å². The normalized spacial score (nSPS) is 11.3. The molecule has 160 valence electrons. The van der Waals surface area contributed by atoms with Crippen molar-refractivity contribution in [2.75, 3.05) is 0 Å². The molecule has 3 aromatic rings. The van der Waals surface area contributed by atoms with E-state index in [0.717, 1.165) is 22.6 Å². The molecule has 0 saturated heterocycles. The Balaban J connectivity index is 1.55. The van der Waals surface area contributed by atoms with Gasteiger partial charge in [0.2, 0.25) is 0 Å². The zero-order valence-electron chi connectivity index (χ0n) is 16.3. The molecule has 0 unspecified atom stereocenters. The molecule has 0 aliphatic heterocycles. The van der Waals surface area contributed by atoms with Gasteiger partial charge in [0.1, 0.15) is 37.1 Å². The molecule has 0 spiro atoms. The van der Waals surface area contributed by atoms with Crippen LogP contribution < -0.4 is 10.2 Å². The van der Waals surface area contributed by atoms with Gasteiger partial charge in [0, 0.05) is 5.56 Å². The van der Waals surface area contributed by atoms with Gasteiger partial charge < -0.3 is 4.74 Å². The van der Waals surface area contributed by atoms with Crippen LogP contribution in [0.2, 0.25) is 5.02 Å². The van der Waals surface area contributed by atoms with Crippen molar-refractivity contribution in [3.8, 4) is 5.75 Å². The summed E-state index contributed by atoms with van der Waals surface area (Å²) in [5.41, 5.74) is 3.70. The molecule has 0 aliphatic carbocycles. The summed E-state index contributed by atoms with van der Waals surface area (Å²) in [6.07, 6.45) is 2.22. The first kappa shape index (κ1) is 21.9. The predicted molar refractivity (Wildman–Crippen MR) is 111 cm³/mol. The fourth-order valence-corrected chi connectivity index (χ4v) is 2.76. The Bertz CT molecular complexity index is 1110. The van der Waals surface area contributed by atoms with Gasteiger partial charge in [-0.2, -0.15) is 10.2 Å². The number of carbonyl (C=O) groups is 1. The summed E-state index contributed by atoms with van der Waals surface area (Å²) in [7, 11) is 0. The number of nitrogens with zero attached hydrogens (tertiary/aromatic N) is 4. The first-order valence-electron chi connectivity index (χ1n) is 8.99. The molecule has 1 aromatic heterocycles. The Hall–Kier alpha value is -3.79. The summed E-state index contributed by atoms with van der Waals surface area (Å²) >= 11 is 5.98. The van der Waals surface area contributed by atoms with E-state index in [1.807, 2.05) is 0 Å². The van der Waals surface area contributed by atoms with Crippen molar-refractivity contribution >= 4 is 28.9 Å². The van der Waals surface area contributed by atoms with E-state index in [0.29, 0.717) is 16.5 Å². The Morgan fingerprint density at radius 2 is 2.06 bits per heavy atom. The van der Waals surface area contributed by atoms with Crippen LogP contribution in [-0.4, -0.2) is 26.3 Å². The second-order valence-corrected chi connectivity index (χ2v) is 6.81. The highest BCUT2D eigenvalue weighted by molar-refractivity contribution is 6.31. The third-order valence-electron chi connectivity index (χ3n) is 4.20. The van der Waals surface area contributed by atoms with E-state index < -0.39 is 16.6 Å². The van der Waals surface area contributed by atoms with Crippen LogP contribution in [0.4, 0.5) is 10.1 Å². The molecule has 0 radical (unpaired) electrons. The minimum Gasteiger partial charge on any atom is -0.489 e. The SMILES string of the molecule is C/C(=N\NC(=O)Cn1cc([N+](=O)[O-])cn1)c1ccc(OCc2c(F)cccc2Cl)cc1. The molecule has 31 heavy (non-hydrogen) atoms. The third-order valence-corrected chi connectivity index (χ3v) is 4.56. The molecule has 0 aliphatic rings. The van der Waals surface area contributed by atoms with Gasteiger partial charge in [-0.05, 0) is 48.9 Å². The molecule has 0 atom stereocenters. The van der Waals surface area contributed by atoms with E-state index in [9.17, 15) is 19.3 Å². The fraction of sp³-hybridized carbons (Fsp3) is 0.150. The number of hydrogen-bond donors (Lipinski definition) is 1. The van der Waals surface area contributed by atoms with Crippen molar-refractivity contribution < 1.29 is 18.8 Å². The summed E-state index contributed by atoms with van der Waals surface area (Å²) in [6.45, 7) is 1.48. The minimum atomic E-state index is -0.595. The molecule has 0 bridgehead atoms. The van der Waals surface area contributed by atoms with E-state index >= 15 is 0 Å². The average Bonchev–Trinajstić information content (AvgIpc) is 3.21. The highest BCUT2D eigenvalue weighted by Crippen LogP contribution is 2.21. The number of nitro groups is 1. The van der Waals surface area contributed by atoms with Gasteiger partial charge in [-0.25, -0.2) is 9.82 Å². The first-order valence-corrected chi connectivity index (χ1v) is 9.37. The lowest BCUT2D eigenvalue weighted by Gasteiger charge is -2.09. The van der Waals surface area contributed by atoms with Crippen molar-refractivity contribution in [1.82, 2.24) is 15.2 Å². The van der Waals surface area contributed by atoms with Crippen LogP contribution >= 0.6 is 11.6 Å². The van der Waals surface area contributed by atoms with Crippen molar-refractivity contribution in [2.24, 2.45) is 5.10 Å². The summed E-state index contributed by atoms with van der Waals surface area (Å²) in [4.78, 5) is 22.0. The van der Waals surface area contributed by atoms with Crippen LogP contribution in [-0.2, 0) is 17.9 Å². The van der Waals surface area contributed by atoms with Gasteiger partial charge in [-0.1, -0.05) is 17.7 Å². The van der Waals surface area contributed by atoms with Gasteiger partial charge >= 0.3 is 5.69 Å². The van der Waals surface area contributed by atoms with E-state index in [2.05, 4.69) is 15.6 Å². The van der Waals surface area contributed by atoms with Crippen molar-refractivity contribution in [1.29, 1.82) is 0 Å². The molecule has 11 heteroatoms. The molecular formula is C20H17ClFN5O4. The second kappa shape index (κ2) is 9.81. The van der Waals surface area contributed by atoms with Gasteiger partial charge in [-0.3, -0.25) is 19.6 Å². The molecule has 2 aromatic carbocycles. The van der Waals surface area contributed by atoms with Crippen molar-refractivity contribution in [3.05, 3.63) is 86.9 Å². The Morgan fingerprint density at radius 3 is 2.71 bits per heavy atom. The zero-order valence-corrected chi connectivity index (χ0v) is 17.0. The highest BCUT2D eigenvalue weighted by Gasteiger charge is 2.11. The predicted octanol–water partition coefficient (Wildman–Crippen LogP) is 3.70. The molecule has 1 N–H and O–H groups in total. The quantitative estimate of drug-likeness (QED) is 0.323. The van der Waals surface area contributed by atoms with Crippen molar-refractivity contribution in [3.63, 3.8) is 0 Å². The zero-order chi connectivity index (χ0) is 22.4. The maximum Gasteiger partial charge on any atom is 0.307 e. The van der Waals surface area contributed by atoms with E-state index in [4.69, 9.17) is 16.3 Å². The summed E-state index contributed by atoms with van der Waals surface area (Å²) in [5.74, 6) is -0.410. The maximum absolute atomic E-state index is 13.8. The number of ether oxygens (including phenoxy) is 1. The van der Waals surface area contributed by atoms with E-state index in [1.165, 1.54) is 12.1 Å². The minimum absolute atomic E-state index is 0.0143. The van der Waals surface area contributed by atoms with Gasteiger partial charge in [0.05, 0.1) is 15.7 Å². The van der Waals surface area contributed by atoms with Crippen LogP contribution in [0.3, 0.4) is 0 Å². The lowest BCUT2D eigenvalue weighted by molar-refractivity contribution is -0.385. The lowest BCUT2D eigenvalue weighted by Crippen LogP contribution is -2.24. The summed E-state index contributed by atoms with van der Waals surface area (Å²) in [6, 6.07) is 11.3. The Labute approximate surface area is 181 Å². The van der Waals surface area contributed by atoms with Crippen LogP contribution in [0.25, 0.3) is 0 Å². The van der Waals surface area contributed by atoms with Gasteiger partial charge in [-0.15, -0.1) is 0 Å². The third kappa shape index (κ3) is 5.86. The topological polar surface area (TPSA) is 112 Å². The average molecular weight is 446 g/mol.